The molecule has 126 valence electrons. The van der Waals surface area contributed by atoms with E-state index in [0.717, 1.165) is 18.9 Å². The minimum absolute atomic E-state index is 0.0983. The van der Waals surface area contributed by atoms with Gasteiger partial charge in [0, 0.05) is 11.0 Å². The van der Waals surface area contributed by atoms with Crippen LogP contribution in [0.1, 0.15) is 35.2 Å². The van der Waals surface area contributed by atoms with Gasteiger partial charge < -0.3 is 11.5 Å². The molecule has 1 aromatic carbocycles. The summed E-state index contributed by atoms with van der Waals surface area (Å²) >= 11 is 0. The number of aryl methyl sites for hydroxylation is 1. The summed E-state index contributed by atoms with van der Waals surface area (Å²) in [6, 6.07) is 5.46. The van der Waals surface area contributed by atoms with Gasteiger partial charge in [-0.05, 0) is 31.4 Å². The van der Waals surface area contributed by atoms with Crippen molar-refractivity contribution in [2.45, 2.75) is 31.4 Å². The number of rotatable bonds is 3. The summed E-state index contributed by atoms with van der Waals surface area (Å²) in [5.74, 6) is 0.359. The molecule has 7 heteroatoms. The second-order valence-corrected chi connectivity index (χ2v) is 6.03. The zero-order chi connectivity index (χ0) is 17.5. The van der Waals surface area contributed by atoms with Crippen LogP contribution in [-0.4, -0.2) is 9.97 Å². The molecular weight excluding hydrogens is 317 g/mol. The number of nitrogens with two attached hydrogens (primary N) is 2. The molecule has 0 bridgehead atoms. The molecule has 0 aliphatic heterocycles. The first-order chi connectivity index (χ1) is 11.2. The topological polar surface area (TPSA) is 77.8 Å². The Balaban J connectivity index is 1.93. The van der Waals surface area contributed by atoms with E-state index in [2.05, 4.69) is 9.97 Å². The monoisotopic (exact) mass is 334 g/mol. The molecule has 0 spiro atoms. The summed E-state index contributed by atoms with van der Waals surface area (Å²) in [6.07, 6.45) is 0.902. The quantitative estimate of drug-likeness (QED) is 0.897. The maximum absolute atomic E-state index is 12.9. The van der Waals surface area contributed by atoms with Crippen LogP contribution in [0, 0.1) is 6.92 Å². The van der Waals surface area contributed by atoms with E-state index >= 15 is 0 Å². The second kappa shape index (κ2) is 5.51. The molecule has 1 fully saturated rings. The average Bonchev–Trinajstić information content (AvgIpc) is 3.26. The Kier molecular flexibility index (Phi) is 3.74. The molecule has 0 radical (unpaired) electrons. The van der Waals surface area contributed by atoms with Gasteiger partial charge in [0.1, 0.15) is 5.82 Å². The summed E-state index contributed by atoms with van der Waals surface area (Å²) in [5.41, 5.74) is 12.3. The lowest BCUT2D eigenvalue weighted by atomic mass is 9.93. The summed E-state index contributed by atoms with van der Waals surface area (Å²) in [7, 11) is 0. The molecule has 3 rings (SSSR count). The Bertz CT molecular complexity index is 785. The predicted octanol–water partition coefficient (Wildman–Crippen LogP) is 3.71. The van der Waals surface area contributed by atoms with E-state index in [1.807, 2.05) is 6.08 Å². The fourth-order valence-corrected chi connectivity index (χ4v) is 2.77. The highest BCUT2D eigenvalue weighted by Gasteiger charge is 2.43. The van der Waals surface area contributed by atoms with E-state index in [4.69, 9.17) is 11.5 Å². The molecule has 1 aliphatic rings. The summed E-state index contributed by atoms with van der Waals surface area (Å²) in [5, 5.41) is 0. The van der Waals surface area contributed by atoms with Crippen LogP contribution in [0.2, 0.25) is 0 Å². The van der Waals surface area contributed by atoms with E-state index in [-0.39, 0.29) is 17.2 Å². The molecule has 24 heavy (non-hydrogen) atoms. The molecule has 4 nitrogen and oxygen atoms in total. The van der Waals surface area contributed by atoms with Gasteiger partial charge in [-0.2, -0.15) is 18.2 Å². The number of anilines is 2. The van der Waals surface area contributed by atoms with E-state index in [1.54, 1.807) is 19.1 Å². The number of hydrogen-bond donors (Lipinski definition) is 2. The third kappa shape index (κ3) is 3.06. The van der Waals surface area contributed by atoms with Crippen molar-refractivity contribution in [3.8, 4) is 0 Å². The highest BCUT2D eigenvalue weighted by Crippen LogP contribution is 2.50. The Hall–Kier alpha value is -2.57. The fraction of sp³-hybridized carbons (Fsp3) is 0.294. The minimum Gasteiger partial charge on any atom is -0.383 e. The number of allylic oxidation sites excluding steroid dienone is 1. The van der Waals surface area contributed by atoms with Crippen molar-refractivity contribution in [1.29, 1.82) is 0 Å². The molecule has 1 saturated carbocycles. The molecule has 0 unspecified atom stereocenters. The number of nitrogen functional groups attached to an aromatic ring is 2. The third-order valence-electron chi connectivity index (χ3n) is 4.31. The highest BCUT2D eigenvalue weighted by molar-refractivity contribution is 5.66. The van der Waals surface area contributed by atoms with Gasteiger partial charge in [0.2, 0.25) is 5.95 Å². The number of hydrogen-bond acceptors (Lipinski definition) is 4. The van der Waals surface area contributed by atoms with Crippen LogP contribution < -0.4 is 11.5 Å². The largest absolute Gasteiger partial charge is 0.416 e. The van der Waals surface area contributed by atoms with E-state index < -0.39 is 11.7 Å². The third-order valence-corrected chi connectivity index (χ3v) is 4.31. The number of benzene rings is 1. The lowest BCUT2D eigenvalue weighted by Gasteiger charge is -2.14. The number of halogens is 3. The molecular formula is C17H17F3N4. The van der Waals surface area contributed by atoms with Crippen molar-refractivity contribution >= 4 is 17.8 Å². The van der Waals surface area contributed by atoms with Crippen molar-refractivity contribution in [2.75, 3.05) is 11.5 Å². The molecule has 1 aliphatic carbocycles. The Labute approximate surface area is 137 Å². The van der Waals surface area contributed by atoms with Crippen molar-refractivity contribution < 1.29 is 13.2 Å². The van der Waals surface area contributed by atoms with E-state index in [9.17, 15) is 13.2 Å². The molecule has 2 aromatic rings. The van der Waals surface area contributed by atoms with E-state index in [0.29, 0.717) is 16.8 Å². The SMILES string of the molecule is Cc1nc(N)nc(N)c1/C=C/C1(c2cccc(C(F)(F)F)c2)CC1. The van der Waals surface area contributed by atoms with Gasteiger partial charge in [-0.15, -0.1) is 0 Å². The zero-order valence-corrected chi connectivity index (χ0v) is 13.1. The van der Waals surface area contributed by atoms with Crippen LogP contribution in [-0.2, 0) is 11.6 Å². The first-order valence-corrected chi connectivity index (χ1v) is 7.48. The minimum atomic E-state index is -4.35. The van der Waals surface area contributed by atoms with Crippen LogP contribution in [0.4, 0.5) is 24.9 Å². The van der Waals surface area contributed by atoms with Crippen LogP contribution in [0.5, 0.6) is 0 Å². The second-order valence-electron chi connectivity index (χ2n) is 6.03. The molecule has 0 atom stereocenters. The fourth-order valence-electron chi connectivity index (χ4n) is 2.77. The van der Waals surface area contributed by atoms with Gasteiger partial charge in [0.05, 0.1) is 11.3 Å². The first kappa shape index (κ1) is 16.3. The normalized spacial score (nSPS) is 16.5. The lowest BCUT2D eigenvalue weighted by Crippen LogP contribution is -2.09. The van der Waals surface area contributed by atoms with Gasteiger partial charge in [-0.25, -0.2) is 4.98 Å². The van der Waals surface area contributed by atoms with Gasteiger partial charge in [0.15, 0.2) is 0 Å². The summed E-state index contributed by atoms with van der Waals surface area (Å²) in [6.45, 7) is 1.76. The molecule has 0 amide bonds. The van der Waals surface area contributed by atoms with Crippen molar-refractivity contribution in [1.82, 2.24) is 9.97 Å². The Morgan fingerprint density at radius 3 is 2.46 bits per heavy atom. The maximum atomic E-state index is 12.9. The number of aromatic nitrogens is 2. The van der Waals surface area contributed by atoms with Crippen LogP contribution >= 0.6 is 0 Å². The van der Waals surface area contributed by atoms with Crippen LogP contribution in [0.3, 0.4) is 0 Å². The Morgan fingerprint density at radius 1 is 1.17 bits per heavy atom. The number of alkyl halides is 3. The van der Waals surface area contributed by atoms with Gasteiger partial charge in [-0.3, -0.25) is 0 Å². The highest BCUT2D eigenvalue weighted by atomic mass is 19.4. The molecule has 0 saturated heterocycles. The number of nitrogens with zero attached hydrogens (tertiary/aromatic N) is 2. The summed E-state index contributed by atoms with van der Waals surface area (Å²) < 4.78 is 38.7. The van der Waals surface area contributed by atoms with Crippen molar-refractivity contribution in [2.24, 2.45) is 0 Å². The molecule has 1 heterocycles. The Morgan fingerprint density at radius 2 is 1.88 bits per heavy atom. The van der Waals surface area contributed by atoms with E-state index in [1.165, 1.54) is 12.1 Å². The van der Waals surface area contributed by atoms with Crippen molar-refractivity contribution in [3.05, 3.63) is 52.7 Å². The molecule has 4 N–H and O–H groups in total. The van der Waals surface area contributed by atoms with Crippen molar-refractivity contribution in [3.63, 3.8) is 0 Å². The smallest absolute Gasteiger partial charge is 0.383 e. The average molecular weight is 334 g/mol. The lowest BCUT2D eigenvalue weighted by molar-refractivity contribution is -0.137. The first-order valence-electron chi connectivity index (χ1n) is 7.48. The zero-order valence-electron chi connectivity index (χ0n) is 13.1. The standard InChI is InChI=1S/C17H17F3N4/c1-10-13(14(21)24-15(22)23-10)5-6-16(7-8-16)11-3-2-4-12(9-11)17(18,19)20/h2-6,9H,7-8H2,1H3,(H4,21,22,23,24)/b6-5+. The maximum Gasteiger partial charge on any atom is 0.416 e. The molecule has 1 aromatic heterocycles. The van der Waals surface area contributed by atoms with Gasteiger partial charge in [0.25, 0.3) is 0 Å². The predicted molar refractivity (Wildman–Crippen MR) is 87.0 cm³/mol. The van der Waals surface area contributed by atoms with Gasteiger partial charge >= 0.3 is 6.18 Å². The van der Waals surface area contributed by atoms with Crippen LogP contribution in [0.15, 0.2) is 30.3 Å². The summed E-state index contributed by atoms with van der Waals surface area (Å²) in [4.78, 5) is 7.98. The van der Waals surface area contributed by atoms with Gasteiger partial charge in [-0.1, -0.05) is 30.4 Å². The van der Waals surface area contributed by atoms with Crippen LogP contribution in [0.25, 0.3) is 6.08 Å².